The van der Waals surface area contributed by atoms with Crippen LogP contribution in [-0.2, 0) is 19.6 Å². The fourth-order valence-corrected chi connectivity index (χ4v) is 4.89. The third-order valence-corrected chi connectivity index (χ3v) is 6.97. The summed E-state index contributed by atoms with van der Waals surface area (Å²) in [5.41, 5.74) is 0.795. The third-order valence-electron chi connectivity index (χ3n) is 4.04. The normalized spacial score (nSPS) is 16.4. The van der Waals surface area contributed by atoms with Gasteiger partial charge in [-0.2, -0.15) is 13.2 Å². The van der Waals surface area contributed by atoms with Crippen LogP contribution in [0.5, 0.6) is 0 Å². The van der Waals surface area contributed by atoms with Gasteiger partial charge in [-0.25, -0.2) is 13.1 Å². The summed E-state index contributed by atoms with van der Waals surface area (Å²) >= 11 is 7.11. The highest BCUT2D eigenvalue weighted by Gasteiger charge is 2.31. The number of hydrogen-bond donors (Lipinski definition) is 3. The number of anilines is 2. The number of rotatable bonds is 6. The van der Waals surface area contributed by atoms with Crippen LogP contribution in [0.25, 0.3) is 0 Å². The lowest BCUT2D eigenvalue weighted by molar-refractivity contribution is -0.121. The first-order chi connectivity index (χ1) is 14.4. The van der Waals surface area contributed by atoms with E-state index in [-0.39, 0.29) is 22.9 Å². The molecule has 1 unspecified atom stereocenters. The monoisotopic (exact) mass is 493 g/mol. The Bertz CT molecular complexity index is 1110. The van der Waals surface area contributed by atoms with E-state index in [1.807, 2.05) is 0 Å². The van der Waals surface area contributed by atoms with Crippen molar-refractivity contribution in [3.05, 3.63) is 47.5 Å². The summed E-state index contributed by atoms with van der Waals surface area (Å²) in [6.07, 6.45) is -4.83. The second kappa shape index (κ2) is 9.07. The molecular weight excluding hydrogens is 479 g/mol. The number of thioether (sulfide) groups is 1. The summed E-state index contributed by atoms with van der Waals surface area (Å²) in [5, 5.41) is 5.00. The average Bonchev–Trinajstić information content (AvgIpc) is 2.67. The molecule has 0 spiro atoms. The molecular formula is C18H15ClF3N3O4S2. The zero-order chi connectivity index (χ0) is 22.8. The molecule has 0 aliphatic carbocycles. The Labute approximate surface area is 184 Å². The van der Waals surface area contributed by atoms with Gasteiger partial charge in [-0.15, -0.1) is 11.8 Å². The molecule has 1 aliphatic heterocycles. The van der Waals surface area contributed by atoms with Crippen LogP contribution < -0.4 is 15.4 Å². The van der Waals surface area contributed by atoms with Gasteiger partial charge in [-0.1, -0.05) is 11.6 Å². The molecule has 3 N–H and O–H groups in total. The van der Waals surface area contributed by atoms with Gasteiger partial charge in [0, 0.05) is 22.0 Å². The molecule has 7 nitrogen and oxygen atoms in total. The molecule has 31 heavy (non-hydrogen) atoms. The van der Waals surface area contributed by atoms with Crippen molar-refractivity contribution in [2.75, 3.05) is 17.2 Å². The molecule has 0 saturated carbocycles. The molecule has 0 aromatic heterocycles. The average molecular weight is 494 g/mol. The van der Waals surface area contributed by atoms with Crippen molar-refractivity contribution < 1.29 is 31.2 Å². The molecule has 166 valence electrons. The van der Waals surface area contributed by atoms with E-state index in [0.29, 0.717) is 10.7 Å². The number of carbonyl (C=O) groups is 2. The van der Waals surface area contributed by atoms with Crippen molar-refractivity contribution >= 4 is 56.6 Å². The molecule has 1 aliphatic rings. The highest BCUT2D eigenvalue weighted by atomic mass is 35.5. The first kappa shape index (κ1) is 23.4. The van der Waals surface area contributed by atoms with E-state index < -0.39 is 33.9 Å². The minimum atomic E-state index is -4.68. The fourth-order valence-electron chi connectivity index (χ4n) is 2.62. The fraction of sp³-hybridized carbons (Fsp3) is 0.222. The van der Waals surface area contributed by atoms with Gasteiger partial charge in [-0.05, 0) is 42.5 Å². The minimum Gasteiger partial charge on any atom is -0.326 e. The number of hydrogen-bond acceptors (Lipinski definition) is 5. The molecule has 13 heteroatoms. The van der Waals surface area contributed by atoms with Crippen molar-refractivity contribution in [3.63, 3.8) is 0 Å². The number of amides is 2. The van der Waals surface area contributed by atoms with Gasteiger partial charge in [0.25, 0.3) is 0 Å². The molecule has 2 amide bonds. The number of sulfonamides is 1. The second-order valence-corrected chi connectivity index (χ2v) is 9.90. The van der Waals surface area contributed by atoms with Gasteiger partial charge >= 0.3 is 6.18 Å². The van der Waals surface area contributed by atoms with Crippen LogP contribution in [0.1, 0.15) is 6.42 Å². The van der Waals surface area contributed by atoms with Crippen molar-refractivity contribution in [1.29, 1.82) is 0 Å². The van der Waals surface area contributed by atoms with Crippen LogP contribution >= 0.6 is 23.4 Å². The number of nitrogens with one attached hydrogen (secondary N) is 3. The minimum absolute atomic E-state index is 0.147. The van der Waals surface area contributed by atoms with E-state index in [0.717, 1.165) is 17.0 Å². The molecule has 2 aromatic rings. The second-order valence-electron chi connectivity index (χ2n) is 6.45. The molecule has 2 aromatic carbocycles. The zero-order valence-electron chi connectivity index (χ0n) is 15.5. The predicted molar refractivity (Wildman–Crippen MR) is 111 cm³/mol. The maximum atomic E-state index is 12.3. The van der Waals surface area contributed by atoms with Crippen LogP contribution in [0, 0.1) is 0 Å². The summed E-state index contributed by atoms with van der Waals surface area (Å²) in [6, 6.07) is 9.63. The van der Waals surface area contributed by atoms with E-state index in [1.165, 1.54) is 28.6 Å². The number of fused-ring (bicyclic) bond motifs is 1. The van der Waals surface area contributed by atoms with Gasteiger partial charge in [0.1, 0.15) is 6.54 Å². The lowest BCUT2D eigenvalue weighted by atomic mass is 10.2. The van der Waals surface area contributed by atoms with Crippen LogP contribution in [0.15, 0.2) is 52.3 Å². The zero-order valence-corrected chi connectivity index (χ0v) is 17.9. The maximum absolute atomic E-state index is 12.3. The number of carbonyl (C=O) groups excluding carboxylic acids is 2. The summed E-state index contributed by atoms with van der Waals surface area (Å²) in [5.74, 6) is -0.844. The predicted octanol–water partition coefficient (Wildman–Crippen LogP) is 3.62. The van der Waals surface area contributed by atoms with Gasteiger partial charge in [0.2, 0.25) is 21.8 Å². The summed E-state index contributed by atoms with van der Waals surface area (Å²) in [7, 11) is -4.35. The summed E-state index contributed by atoms with van der Waals surface area (Å²) < 4.78 is 61.9. The first-order valence-electron chi connectivity index (χ1n) is 8.66. The highest BCUT2D eigenvalue weighted by molar-refractivity contribution is 8.01. The molecule has 0 saturated heterocycles. The Hall–Kier alpha value is -2.28. The smallest absolute Gasteiger partial charge is 0.326 e. The quantitative estimate of drug-likeness (QED) is 0.570. The largest absolute Gasteiger partial charge is 0.402 e. The number of halogens is 4. The SMILES string of the molecule is O=C(CC1Sc2ccc(Cl)cc2NC1=O)Nc1ccc(S(=O)(=O)NCC(F)(F)F)cc1. The van der Waals surface area contributed by atoms with Crippen LogP contribution in [0.2, 0.25) is 5.02 Å². The van der Waals surface area contributed by atoms with E-state index in [9.17, 15) is 31.2 Å². The molecule has 1 heterocycles. The van der Waals surface area contributed by atoms with Gasteiger partial charge in [-0.3, -0.25) is 9.59 Å². The van der Waals surface area contributed by atoms with Gasteiger partial charge in [0.05, 0.1) is 15.8 Å². The lowest BCUT2D eigenvalue weighted by Crippen LogP contribution is -2.33. The summed E-state index contributed by atoms with van der Waals surface area (Å²) in [6.45, 7) is -1.69. The van der Waals surface area contributed by atoms with Crippen molar-refractivity contribution in [2.24, 2.45) is 0 Å². The number of alkyl halides is 3. The van der Waals surface area contributed by atoms with Crippen LogP contribution in [0.4, 0.5) is 24.5 Å². The standard InChI is InChI=1S/C18H15ClF3N3O4S2/c19-10-1-6-14-13(7-10)25-17(27)15(30-14)8-16(26)24-11-2-4-12(5-3-11)31(28,29)23-9-18(20,21)22/h1-7,15,23H,8-9H2,(H,24,26)(H,25,27). The highest BCUT2D eigenvalue weighted by Crippen LogP contribution is 2.38. The van der Waals surface area contributed by atoms with Crippen molar-refractivity contribution in [2.45, 2.75) is 27.6 Å². The van der Waals surface area contributed by atoms with E-state index in [2.05, 4.69) is 10.6 Å². The van der Waals surface area contributed by atoms with E-state index in [1.54, 1.807) is 18.2 Å². The van der Waals surface area contributed by atoms with E-state index >= 15 is 0 Å². The van der Waals surface area contributed by atoms with Crippen LogP contribution in [0.3, 0.4) is 0 Å². The Morgan fingerprint density at radius 2 is 1.84 bits per heavy atom. The first-order valence-corrected chi connectivity index (χ1v) is 11.4. The molecule has 0 bridgehead atoms. The molecule has 0 radical (unpaired) electrons. The molecule has 0 fully saturated rings. The lowest BCUT2D eigenvalue weighted by Gasteiger charge is -2.23. The van der Waals surface area contributed by atoms with Crippen molar-refractivity contribution in [3.8, 4) is 0 Å². The van der Waals surface area contributed by atoms with Gasteiger partial charge < -0.3 is 10.6 Å². The number of benzene rings is 2. The molecule has 3 rings (SSSR count). The van der Waals surface area contributed by atoms with E-state index in [4.69, 9.17) is 11.6 Å². The third kappa shape index (κ3) is 6.35. The van der Waals surface area contributed by atoms with Crippen LogP contribution in [-0.4, -0.2) is 38.2 Å². The maximum Gasteiger partial charge on any atom is 0.402 e. The van der Waals surface area contributed by atoms with Gasteiger partial charge in [0.15, 0.2) is 0 Å². The molecule has 1 atom stereocenters. The Morgan fingerprint density at radius 1 is 1.16 bits per heavy atom. The van der Waals surface area contributed by atoms with Crippen molar-refractivity contribution in [1.82, 2.24) is 4.72 Å². The summed E-state index contributed by atoms with van der Waals surface area (Å²) in [4.78, 5) is 24.9. The Morgan fingerprint density at radius 3 is 2.48 bits per heavy atom. The Kier molecular flexibility index (Phi) is 6.84. The Balaban J connectivity index is 1.60. The topological polar surface area (TPSA) is 104 Å².